The van der Waals surface area contributed by atoms with Crippen molar-refractivity contribution in [2.75, 3.05) is 52.4 Å². The van der Waals surface area contributed by atoms with Crippen LogP contribution in [0.2, 0.25) is 0 Å². The zero-order valence-corrected chi connectivity index (χ0v) is 20.9. The number of hydrogen-bond acceptors (Lipinski definition) is 5. The number of amidine groups is 1. The first-order valence-electron chi connectivity index (χ1n) is 13.8. The van der Waals surface area contributed by atoms with Gasteiger partial charge in [0.2, 0.25) is 0 Å². The second kappa shape index (κ2) is 22.5. The van der Waals surface area contributed by atoms with E-state index < -0.39 is 0 Å². The topological polar surface area (TPSA) is 65.7 Å². The molecule has 5 nitrogen and oxygen atoms in total. The van der Waals surface area contributed by atoms with Gasteiger partial charge in [-0.05, 0) is 6.42 Å². The predicted molar refractivity (Wildman–Crippen MR) is 138 cm³/mol. The van der Waals surface area contributed by atoms with Gasteiger partial charge in [0.15, 0.2) is 0 Å². The molecule has 184 valence electrons. The summed E-state index contributed by atoms with van der Waals surface area (Å²) >= 11 is 0. The molecule has 1 rings (SSSR count). The maximum atomic E-state index is 5.48. The zero-order valence-electron chi connectivity index (χ0n) is 20.9. The maximum absolute atomic E-state index is 5.48. The van der Waals surface area contributed by atoms with Crippen molar-refractivity contribution in [3.63, 3.8) is 0 Å². The van der Waals surface area contributed by atoms with E-state index in [1.807, 2.05) is 0 Å². The summed E-state index contributed by atoms with van der Waals surface area (Å²) in [5.41, 5.74) is 5.48. The second-order valence-corrected chi connectivity index (χ2v) is 9.27. The molecule has 0 aromatic heterocycles. The van der Waals surface area contributed by atoms with Crippen molar-refractivity contribution in [1.29, 1.82) is 0 Å². The van der Waals surface area contributed by atoms with E-state index in [0.29, 0.717) is 6.54 Å². The normalized spacial score (nSPS) is 13.9. The van der Waals surface area contributed by atoms with Crippen LogP contribution in [0.4, 0.5) is 0 Å². The Morgan fingerprint density at radius 3 is 1.77 bits per heavy atom. The van der Waals surface area contributed by atoms with Gasteiger partial charge in [-0.3, -0.25) is 4.99 Å². The van der Waals surface area contributed by atoms with Crippen LogP contribution in [0.3, 0.4) is 0 Å². The van der Waals surface area contributed by atoms with Crippen LogP contribution in [0.25, 0.3) is 0 Å². The van der Waals surface area contributed by atoms with Gasteiger partial charge < -0.3 is 21.3 Å². The number of unbranched alkanes of at least 4 members (excludes halogenated alkanes) is 14. The minimum Gasteiger partial charge on any atom is -0.357 e. The Labute approximate surface area is 194 Å². The van der Waals surface area contributed by atoms with Crippen molar-refractivity contribution in [2.45, 2.75) is 110 Å². The third-order valence-electron chi connectivity index (χ3n) is 6.39. The van der Waals surface area contributed by atoms with Crippen molar-refractivity contribution in [2.24, 2.45) is 10.7 Å². The number of nitrogens with one attached hydrogen (secondary N) is 2. The standard InChI is InChI=1S/C26H55N5/c1-2-3-4-5-6-7-8-9-10-11-12-13-14-15-16-17-26-30-23-25-31(26)24-22-29-21-20-28-19-18-27/h28-29H,2-25,27H2,1H3. The number of nitrogens with two attached hydrogens (primary N) is 1. The molecule has 0 atom stereocenters. The van der Waals surface area contributed by atoms with Crippen LogP contribution < -0.4 is 16.4 Å². The minimum atomic E-state index is 0.715. The fraction of sp³-hybridized carbons (Fsp3) is 0.962. The summed E-state index contributed by atoms with van der Waals surface area (Å²) in [4.78, 5) is 7.24. The molecule has 0 saturated carbocycles. The number of rotatable bonds is 24. The summed E-state index contributed by atoms with van der Waals surface area (Å²) in [5.74, 6) is 1.36. The smallest absolute Gasteiger partial charge is 0.0990 e. The molecule has 0 spiro atoms. The first-order valence-corrected chi connectivity index (χ1v) is 13.8. The van der Waals surface area contributed by atoms with Crippen LogP contribution in [0.1, 0.15) is 110 Å². The summed E-state index contributed by atoms with van der Waals surface area (Å²) in [6.45, 7) is 10.2. The lowest BCUT2D eigenvalue weighted by molar-refractivity contribution is 0.432. The first-order chi connectivity index (χ1) is 15.4. The molecular weight excluding hydrogens is 382 g/mol. The quantitative estimate of drug-likeness (QED) is 0.184. The van der Waals surface area contributed by atoms with Crippen LogP contribution in [-0.2, 0) is 0 Å². The average molecular weight is 438 g/mol. The summed E-state index contributed by atoms with van der Waals surface area (Å²) in [6, 6.07) is 0. The Balaban J connectivity index is 1.83. The van der Waals surface area contributed by atoms with E-state index in [2.05, 4.69) is 22.5 Å². The highest BCUT2D eigenvalue weighted by Gasteiger charge is 2.15. The lowest BCUT2D eigenvalue weighted by Crippen LogP contribution is -2.37. The molecule has 4 N–H and O–H groups in total. The first kappa shape index (κ1) is 28.4. The number of aliphatic imine (C=N–C) groups is 1. The molecule has 31 heavy (non-hydrogen) atoms. The van der Waals surface area contributed by atoms with Gasteiger partial charge in [-0.25, -0.2) is 0 Å². The van der Waals surface area contributed by atoms with Gasteiger partial charge in [0, 0.05) is 52.2 Å². The molecule has 1 aliphatic rings. The van der Waals surface area contributed by atoms with Crippen molar-refractivity contribution >= 4 is 5.84 Å². The summed E-state index contributed by atoms with van der Waals surface area (Å²) in [5, 5.41) is 6.83. The molecule has 0 aliphatic carbocycles. The van der Waals surface area contributed by atoms with Crippen molar-refractivity contribution in [3.8, 4) is 0 Å². The van der Waals surface area contributed by atoms with Crippen LogP contribution in [0.15, 0.2) is 4.99 Å². The summed E-state index contributed by atoms with van der Waals surface area (Å²) in [6.07, 6.45) is 22.6. The molecule has 0 amide bonds. The Morgan fingerprint density at radius 1 is 0.710 bits per heavy atom. The van der Waals surface area contributed by atoms with E-state index in [4.69, 9.17) is 10.7 Å². The van der Waals surface area contributed by atoms with Crippen LogP contribution in [0.5, 0.6) is 0 Å². The van der Waals surface area contributed by atoms with Crippen LogP contribution in [0, 0.1) is 0 Å². The average Bonchev–Trinajstić information content (AvgIpc) is 3.23. The SMILES string of the molecule is CCCCCCCCCCCCCCCCCC1=NCCN1CCNCCNCCN. The maximum Gasteiger partial charge on any atom is 0.0990 e. The summed E-state index contributed by atoms with van der Waals surface area (Å²) < 4.78 is 0. The number of hydrogen-bond donors (Lipinski definition) is 3. The molecule has 0 unspecified atom stereocenters. The van der Waals surface area contributed by atoms with E-state index >= 15 is 0 Å². The third-order valence-corrected chi connectivity index (χ3v) is 6.39. The molecule has 0 fully saturated rings. The lowest BCUT2D eigenvalue weighted by Gasteiger charge is -2.20. The van der Waals surface area contributed by atoms with E-state index in [9.17, 15) is 0 Å². The van der Waals surface area contributed by atoms with Gasteiger partial charge in [0.05, 0.1) is 12.4 Å². The Morgan fingerprint density at radius 2 is 1.23 bits per heavy atom. The Hall–Kier alpha value is -0.650. The highest BCUT2D eigenvalue weighted by molar-refractivity contribution is 5.83. The molecular formula is C26H55N5. The van der Waals surface area contributed by atoms with Crippen molar-refractivity contribution in [3.05, 3.63) is 0 Å². The highest BCUT2D eigenvalue weighted by Crippen LogP contribution is 2.15. The van der Waals surface area contributed by atoms with Gasteiger partial charge >= 0.3 is 0 Å². The van der Waals surface area contributed by atoms with Gasteiger partial charge in [0.1, 0.15) is 0 Å². The fourth-order valence-electron chi connectivity index (χ4n) is 4.40. The largest absolute Gasteiger partial charge is 0.357 e. The fourth-order valence-corrected chi connectivity index (χ4v) is 4.40. The van der Waals surface area contributed by atoms with Crippen LogP contribution >= 0.6 is 0 Å². The molecule has 1 heterocycles. The highest BCUT2D eigenvalue weighted by atomic mass is 15.2. The molecule has 0 aromatic carbocycles. The van der Waals surface area contributed by atoms with Gasteiger partial charge in [0.25, 0.3) is 0 Å². The lowest BCUT2D eigenvalue weighted by atomic mass is 10.0. The Kier molecular flexibility index (Phi) is 20.6. The van der Waals surface area contributed by atoms with Gasteiger partial charge in [-0.15, -0.1) is 0 Å². The molecule has 0 saturated heterocycles. The molecule has 5 heteroatoms. The van der Waals surface area contributed by atoms with Crippen LogP contribution in [-0.4, -0.2) is 63.1 Å². The minimum absolute atomic E-state index is 0.715. The molecule has 1 aliphatic heterocycles. The Bertz CT molecular complexity index is 399. The van der Waals surface area contributed by atoms with Gasteiger partial charge in [-0.2, -0.15) is 0 Å². The van der Waals surface area contributed by atoms with Crippen molar-refractivity contribution < 1.29 is 0 Å². The van der Waals surface area contributed by atoms with Gasteiger partial charge in [-0.1, -0.05) is 96.8 Å². The molecule has 0 aromatic rings. The zero-order chi connectivity index (χ0) is 22.2. The monoisotopic (exact) mass is 437 g/mol. The second-order valence-electron chi connectivity index (χ2n) is 9.27. The van der Waals surface area contributed by atoms with E-state index in [-0.39, 0.29) is 0 Å². The number of nitrogens with zero attached hydrogens (tertiary/aromatic N) is 2. The third kappa shape index (κ3) is 17.6. The van der Waals surface area contributed by atoms with E-state index in [1.165, 1.54) is 109 Å². The summed E-state index contributed by atoms with van der Waals surface area (Å²) in [7, 11) is 0. The van der Waals surface area contributed by atoms with Crippen molar-refractivity contribution in [1.82, 2.24) is 15.5 Å². The predicted octanol–water partition coefficient (Wildman–Crippen LogP) is 5.10. The molecule has 0 radical (unpaired) electrons. The van der Waals surface area contributed by atoms with E-state index in [0.717, 1.165) is 45.8 Å². The molecule has 0 bridgehead atoms. The van der Waals surface area contributed by atoms with E-state index in [1.54, 1.807) is 0 Å².